The standard InChI is InChI=1S/C6H10O2.C3H7NO3/c7-6(8)5-3-1-2-4-5;1-2-7-4-3(5)6/h5H,1-4H2,(H,7,8);4H,2H2,1H3,(H,5,6). The number of hydrogen-bond acceptors (Lipinski definition) is 3. The Bertz CT molecular complexity index is 201. The molecule has 0 aromatic carbocycles. The fraction of sp³-hybridized carbons (Fsp3) is 0.778. The van der Waals surface area contributed by atoms with E-state index in [0.717, 1.165) is 25.7 Å². The SMILES string of the molecule is CCONC(=O)O.O=C(O)C1CCCC1. The van der Waals surface area contributed by atoms with E-state index in [4.69, 9.17) is 10.2 Å². The summed E-state index contributed by atoms with van der Waals surface area (Å²) in [7, 11) is 0. The van der Waals surface area contributed by atoms with E-state index in [9.17, 15) is 9.59 Å². The summed E-state index contributed by atoms with van der Waals surface area (Å²) in [6.07, 6.45) is 2.85. The molecule has 1 aliphatic carbocycles. The quantitative estimate of drug-likeness (QED) is 0.624. The lowest BCUT2D eigenvalue weighted by atomic mass is 10.1. The molecule has 15 heavy (non-hydrogen) atoms. The Labute approximate surface area is 88.2 Å². The maximum Gasteiger partial charge on any atom is 0.428 e. The van der Waals surface area contributed by atoms with E-state index in [-0.39, 0.29) is 5.92 Å². The van der Waals surface area contributed by atoms with Gasteiger partial charge < -0.3 is 10.2 Å². The summed E-state index contributed by atoms with van der Waals surface area (Å²) in [5, 5.41) is 16.2. The monoisotopic (exact) mass is 219 g/mol. The van der Waals surface area contributed by atoms with Crippen LogP contribution in [0.5, 0.6) is 0 Å². The minimum absolute atomic E-state index is 0.0185. The van der Waals surface area contributed by atoms with Crippen LogP contribution in [0.25, 0.3) is 0 Å². The van der Waals surface area contributed by atoms with E-state index >= 15 is 0 Å². The van der Waals surface area contributed by atoms with Gasteiger partial charge in [0.1, 0.15) is 0 Å². The third-order valence-electron chi connectivity index (χ3n) is 2.01. The number of carboxylic acids is 1. The highest BCUT2D eigenvalue weighted by molar-refractivity contribution is 5.70. The third kappa shape index (κ3) is 7.75. The molecule has 88 valence electrons. The zero-order valence-electron chi connectivity index (χ0n) is 8.73. The number of rotatable bonds is 3. The molecule has 1 saturated carbocycles. The Hall–Kier alpha value is -1.30. The molecule has 0 spiro atoms. The largest absolute Gasteiger partial charge is 0.481 e. The van der Waals surface area contributed by atoms with Gasteiger partial charge in [-0.05, 0) is 19.8 Å². The van der Waals surface area contributed by atoms with E-state index in [1.54, 1.807) is 12.4 Å². The highest BCUT2D eigenvalue weighted by Gasteiger charge is 2.20. The highest BCUT2D eigenvalue weighted by atomic mass is 16.7. The Morgan fingerprint density at radius 2 is 1.87 bits per heavy atom. The minimum Gasteiger partial charge on any atom is -0.481 e. The first-order chi connectivity index (χ1) is 7.07. The second-order valence-electron chi connectivity index (χ2n) is 3.16. The van der Waals surface area contributed by atoms with Gasteiger partial charge in [0.05, 0.1) is 12.5 Å². The summed E-state index contributed by atoms with van der Waals surface area (Å²) < 4.78 is 0. The number of carboxylic acid groups (broad SMARTS) is 2. The fourth-order valence-corrected chi connectivity index (χ4v) is 1.31. The van der Waals surface area contributed by atoms with Gasteiger partial charge in [-0.1, -0.05) is 12.8 Å². The van der Waals surface area contributed by atoms with Gasteiger partial charge >= 0.3 is 12.1 Å². The normalized spacial score (nSPS) is 15.3. The second kappa shape index (κ2) is 8.05. The van der Waals surface area contributed by atoms with Crippen molar-refractivity contribution in [3.63, 3.8) is 0 Å². The molecule has 0 unspecified atom stereocenters. The Balaban J connectivity index is 0.000000265. The maximum absolute atomic E-state index is 10.2. The van der Waals surface area contributed by atoms with E-state index in [2.05, 4.69) is 4.84 Å². The van der Waals surface area contributed by atoms with Gasteiger partial charge in [0.2, 0.25) is 0 Å². The molecule has 0 aromatic rings. The molecule has 3 N–H and O–H groups in total. The van der Waals surface area contributed by atoms with Crippen LogP contribution in [0.2, 0.25) is 0 Å². The first kappa shape index (κ1) is 13.7. The fourth-order valence-electron chi connectivity index (χ4n) is 1.31. The lowest BCUT2D eigenvalue weighted by Gasteiger charge is -1.97. The van der Waals surface area contributed by atoms with Crippen LogP contribution in [-0.4, -0.2) is 28.9 Å². The zero-order valence-corrected chi connectivity index (χ0v) is 8.73. The number of amides is 1. The van der Waals surface area contributed by atoms with Gasteiger partial charge in [0.25, 0.3) is 0 Å². The van der Waals surface area contributed by atoms with E-state index < -0.39 is 12.1 Å². The average Bonchev–Trinajstić information content (AvgIpc) is 2.68. The topological polar surface area (TPSA) is 95.9 Å². The molecular weight excluding hydrogens is 202 g/mol. The molecule has 1 rings (SSSR count). The molecule has 6 nitrogen and oxygen atoms in total. The summed E-state index contributed by atoms with van der Waals surface area (Å²) in [6.45, 7) is 2.04. The van der Waals surface area contributed by atoms with Crippen LogP contribution in [0, 0.1) is 5.92 Å². The summed E-state index contributed by atoms with van der Waals surface area (Å²) >= 11 is 0. The maximum atomic E-state index is 10.2. The smallest absolute Gasteiger partial charge is 0.428 e. The van der Waals surface area contributed by atoms with Gasteiger partial charge in [-0.3, -0.25) is 9.63 Å². The van der Waals surface area contributed by atoms with Crippen molar-refractivity contribution < 1.29 is 24.6 Å². The molecule has 0 saturated heterocycles. The molecule has 0 radical (unpaired) electrons. The van der Waals surface area contributed by atoms with E-state index in [1.165, 1.54) is 0 Å². The Morgan fingerprint density at radius 3 is 2.07 bits per heavy atom. The van der Waals surface area contributed by atoms with Gasteiger partial charge in [-0.15, -0.1) is 0 Å². The molecule has 6 heteroatoms. The predicted molar refractivity (Wildman–Crippen MR) is 52.4 cm³/mol. The van der Waals surface area contributed by atoms with Crippen molar-refractivity contribution in [3.05, 3.63) is 0 Å². The summed E-state index contributed by atoms with van der Waals surface area (Å²) in [6, 6.07) is 0. The van der Waals surface area contributed by atoms with E-state index in [0.29, 0.717) is 6.61 Å². The zero-order chi connectivity index (χ0) is 11.7. The average molecular weight is 219 g/mol. The van der Waals surface area contributed by atoms with Crippen LogP contribution in [0.15, 0.2) is 0 Å². The van der Waals surface area contributed by atoms with Gasteiger partial charge in [0.15, 0.2) is 0 Å². The third-order valence-corrected chi connectivity index (χ3v) is 2.01. The Morgan fingerprint density at radius 1 is 1.33 bits per heavy atom. The van der Waals surface area contributed by atoms with Crippen molar-refractivity contribution in [2.75, 3.05) is 6.61 Å². The van der Waals surface area contributed by atoms with Gasteiger partial charge in [-0.2, -0.15) is 5.48 Å². The van der Waals surface area contributed by atoms with Crippen LogP contribution in [0.3, 0.4) is 0 Å². The van der Waals surface area contributed by atoms with Crippen molar-refractivity contribution in [1.29, 1.82) is 0 Å². The highest BCUT2D eigenvalue weighted by Crippen LogP contribution is 2.24. The number of hydrogen-bond donors (Lipinski definition) is 3. The first-order valence-corrected chi connectivity index (χ1v) is 4.91. The molecule has 0 bridgehead atoms. The Kier molecular flexibility index (Phi) is 7.35. The lowest BCUT2D eigenvalue weighted by molar-refractivity contribution is -0.141. The van der Waals surface area contributed by atoms with Crippen molar-refractivity contribution in [2.24, 2.45) is 5.92 Å². The van der Waals surface area contributed by atoms with Crippen molar-refractivity contribution >= 4 is 12.1 Å². The van der Waals surface area contributed by atoms with Crippen LogP contribution < -0.4 is 5.48 Å². The summed E-state index contributed by atoms with van der Waals surface area (Å²) in [4.78, 5) is 24.0. The van der Waals surface area contributed by atoms with Gasteiger partial charge in [0, 0.05) is 0 Å². The molecule has 0 atom stereocenters. The minimum atomic E-state index is -1.16. The number of nitrogens with one attached hydrogen (secondary N) is 1. The molecule has 1 fully saturated rings. The number of aliphatic carboxylic acids is 1. The number of carbonyl (C=O) groups is 2. The van der Waals surface area contributed by atoms with Crippen LogP contribution in [0.1, 0.15) is 32.6 Å². The van der Waals surface area contributed by atoms with Crippen molar-refractivity contribution in [2.45, 2.75) is 32.6 Å². The molecular formula is C9H17NO5. The van der Waals surface area contributed by atoms with E-state index in [1.807, 2.05) is 0 Å². The molecule has 0 aromatic heterocycles. The van der Waals surface area contributed by atoms with Crippen LogP contribution in [0.4, 0.5) is 4.79 Å². The second-order valence-corrected chi connectivity index (χ2v) is 3.16. The van der Waals surface area contributed by atoms with Crippen LogP contribution >= 0.6 is 0 Å². The van der Waals surface area contributed by atoms with Crippen molar-refractivity contribution in [3.8, 4) is 0 Å². The van der Waals surface area contributed by atoms with Gasteiger partial charge in [-0.25, -0.2) is 4.79 Å². The molecule has 1 aliphatic rings. The van der Waals surface area contributed by atoms with Crippen LogP contribution in [-0.2, 0) is 9.63 Å². The summed E-state index contributed by atoms with van der Waals surface area (Å²) in [5.41, 5.74) is 1.71. The molecule has 0 heterocycles. The summed E-state index contributed by atoms with van der Waals surface area (Å²) in [5.74, 6) is -0.627. The van der Waals surface area contributed by atoms with Crippen molar-refractivity contribution in [1.82, 2.24) is 5.48 Å². The molecule has 0 aliphatic heterocycles. The first-order valence-electron chi connectivity index (χ1n) is 4.91. The molecule has 1 amide bonds. The predicted octanol–water partition coefficient (Wildman–Crippen LogP) is 1.47. The lowest BCUT2D eigenvalue weighted by Crippen LogP contribution is -2.20. The number of hydroxylamine groups is 1.